The van der Waals surface area contributed by atoms with Crippen LogP contribution in [-0.4, -0.2) is 42.1 Å². The topological polar surface area (TPSA) is 74.5 Å². The summed E-state index contributed by atoms with van der Waals surface area (Å²) in [6.45, 7) is 3.62. The predicted octanol–water partition coefficient (Wildman–Crippen LogP) is 5.06. The van der Waals surface area contributed by atoms with Gasteiger partial charge in [-0.15, -0.1) is 0 Å². The van der Waals surface area contributed by atoms with Crippen LogP contribution in [0.5, 0.6) is 0 Å². The molecule has 3 N–H and O–H groups in total. The quantitative estimate of drug-likeness (QED) is 0.594. The van der Waals surface area contributed by atoms with E-state index in [1.807, 2.05) is 18.2 Å². The number of carbonyl (C=O) groups excluding carboxylic acids is 1. The number of carbonyl (C=O) groups is 1. The number of piperidine rings is 1. The molecule has 1 aliphatic rings. The molecule has 0 bridgehead atoms. The van der Waals surface area contributed by atoms with Crippen LogP contribution in [0.1, 0.15) is 19.3 Å². The largest absolute Gasteiger partial charge is 0.375 e. The Morgan fingerprint density at radius 3 is 2.69 bits per heavy atom. The molecule has 0 saturated carbocycles. The van der Waals surface area contributed by atoms with Crippen LogP contribution in [0.4, 0.5) is 21.3 Å². The average Bonchev–Trinajstić information content (AvgIpc) is 3.10. The van der Waals surface area contributed by atoms with Crippen molar-refractivity contribution in [2.45, 2.75) is 19.3 Å². The molecule has 6 nitrogen and oxygen atoms in total. The summed E-state index contributed by atoms with van der Waals surface area (Å²) in [7, 11) is 0. The maximum Gasteiger partial charge on any atom is 0.326 e. The van der Waals surface area contributed by atoms with Crippen LogP contribution in [0.2, 0.25) is 5.02 Å². The summed E-state index contributed by atoms with van der Waals surface area (Å²) in [6, 6.07) is 12.8. The second-order valence-electron chi connectivity index (χ2n) is 7.20. The van der Waals surface area contributed by atoms with E-state index in [-0.39, 0.29) is 6.03 Å². The van der Waals surface area contributed by atoms with Crippen LogP contribution in [0.25, 0.3) is 10.2 Å². The fraction of sp³-hybridized carbons (Fsp3) is 0.333. The molecule has 0 spiro atoms. The second kappa shape index (κ2) is 8.98. The van der Waals surface area contributed by atoms with E-state index in [1.165, 1.54) is 30.6 Å². The molecule has 2 amide bonds. The number of halogens is 1. The van der Waals surface area contributed by atoms with Crippen LogP contribution < -0.4 is 16.0 Å². The van der Waals surface area contributed by atoms with Crippen LogP contribution in [0.3, 0.4) is 0 Å². The van der Waals surface area contributed by atoms with E-state index in [2.05, 4.69) is 15.2 Å². The molecule has 0 aliphatic carbocycles. The van der Waals surface area contributed by atoms with E-state index in [9.17, 15) is 4.79 Å². The number of hydrogen-bond donors (Lipinski definition) is 2. The van der Waals surface area contributed by atoms with Gasteiger partial charge in [-0.2, -0.15) is 0 Å². The highest BCUT2D eigenvalue weighted by Crippen LogP contribution is 2.28. The van der Waals surface area contributed by atoms with Crippen molar-refractivity contribution < 1.29 is 4.79 Å². The van der Waals surface area contributed by atoms with Crippen molar-refractivity contribution in [3.63, 3.8) is 0 Å². The number of nitrogens with one attached hydrogen (secondary N) is 1. The van der Waals surface area contributed by atoms with Gasteiger partial charge in [-0.1, -0.05) is 29.4 Å². The fourth-order valence-corrected chi connectivity index (χ4v) is 4.44. The Labute approximate surface area is 179 Å². The Balaban J connectivity index is 1.56. The molecule has 0 unspecified atom stereocenters. The van der Waals surface area contributed by atoms with Gasteiger partial charge >= 0.3 is 6.03 Å². The van der Waals surface area contributed by atoms with Crippen molar-refractivity contribution >= 4 is 55.7 Å². The third kappa shape index (κ3) is 4.98. The van der Waals surface area contributed by atoms with Crippen LogP contribution in [0.15, 0.2) is 42.5 Å². The number of aromatic nitrogens is 1. The third-order valence-corrected chi connectivity index (χ3v) is 6.25. The molecule has 8 heteroatoms. The zero-order valence-electron chi connectivity index (χ0n) is 16.1. The van der Waals surface area contributed by atoms with Gasteiger partial charge in [-0.3, -0.25) is 4.90 Å². The minimum absolute atomic E-state index is 0.174. The van der Waals surface area contributed by atoms with Crippen LogP contribution in [0, 0.1) is 0 Å². The molecule has 4 rings (SSSR count). The van der Waals surface area contributed by atoms with Crippen LogP contribution >= 0.6 is 22.9 Å². The number of urea groups is 1. The Morgan fingerprint density at radius 1 is 1.17 bits per heavy atom. The number of anilines is 3. The molecular weight excluding hydrogens is 406 g/mol. The Morgan fingerprint density at radius 2 is 1.93 bits per heavy atom. The smallest absolute Gasteiger partial charge is 0.326 e. The van der Waals surface area contributed by atoms with Gasteiger partial charge in [0, 0.05) is 29.5 Å². The molecule has 1 aromatic heterocycles. The van der Waals surface area contributed by atoms with E-state index >= 15 is 0 Å². The first-order valence-corrected chi connectivity index (χ1v) is 11.0. The number of amides is 2. The summed E-state index contributed by atoms with van der Waals surface area (Å²) >= 11 is 7.40. The Hall–Kier alpha value is -2.35. The lowest BCUT2D eigenvalue weighted by atomic mass is 10.1. The highest BCUT2D eigenvalue weighted by molar-refractivity contribution is 7.22. The number of thiazole rings is 1. The lowest BCUT2D eigenvalue weighted by Crippen LogP contribution is -2.42. The molecule has 2 heterocycles. The van der Waals surface area contributed by atoms with Gasteiger partial charge in [0.15, 0.2) is 5.13 Å². The zero-order valence-corrected chi connectivity index (χ0v) is 17.7. The number of rotatable bonds is 5. The van der Waals surface area contributed by atoms with Gasteiger partial charge in [0.05, 0.1) is 10.2 Å². The van der Waals surface area contributed by atoms with Crippen molar-refractivity contribution in [1.29, 1.82) is 0 Å². The molecule has 152 valence electrons. The minimum atomic E-state index is -0.174. The van der Waals surface area contributed by atoms with Gasteiger partial charge < -0.3 is 16.0 Å². The molecule has 29 heavy (non-hydrogen) atoms. The number of nitrogens with zero attached hydrogens (tertiary/aromatic N) is 3. The summed E-state index contributed by atoms with van der Waals surface area (Å²) in [5.74, 6) is 0. The highest BCUT2D eigenvalue weighted by atomic mass is 35.5. The van der Waals surface area contributed by atoms with Crippen molar-refractivity contribution in [1.82, 2.24) is 9.88 Å². The molecular formula is C21H24ClN5OS. The van der Waals surface area contributed by atoms with Gasteiger partial charge in [-0.05, 0) is 68.4 Å². The Bertz CT molecular complexity index is 984. The van der Waals surface area contributed by atoms with E-state index in [0.717, 1.165) is 35.5 Å². The van der Waals surface area contributed by atoms with Crippen molar-refractivity contribution in [2.24, 2.45) is 0 Å². The van der Waals surface area contributed by atoms with Crippen LogP contribution in [-0.2, 0) is 0 Å². The van der Waals surface area contributed by atoms with E-state index in [0.29, 0.717) is 22.4 Å². The lowest BCUT2D eigenvalue weighted by Gasteiger charge is -2.30. The van der Waals surface area contributed by atoms with E-state index in [4.69, 9.17) is 17.3 Å². The summed E-state index contributed by atoms with van der Waals surface area (Å²) in [6.07, 6.45) is 3.74. The summed E-state index contributed by atoms with van der Waals surface area (Å²) in [5.41, 5.74) is 8.18. The predicted molar refractivity (Wildman–Crippen MR) is 122 cm³/mol. The van der Waals surface area contributed by atoms with Gasteiger partial charge in [0.2, 0.25) is 0 Å². The summed E-state index contributed by atoms with van der Waals surface area (Å²) in [5, 5.41) is 4.14. The van der Waals surface area contributed by atoms with Crippen molar-refractivity contribution in [2.75, 3.05) is 42.1 Å². The zero-order chi connectivity index (χ0) is 20.2. The first-order valence-electron chi connectivity index (χ1n) is 9.81. The summed E-state index contributed by atoms with van der Waals surface area (Å²) in [4.78, 5) is 21.7. The fourth-order valence-electron chi connectivity index (χ4n) is 3.60. The third-order valence-electron chi connectivity index (χ3n) is 5.13. The minimum Gasteiger partial charge on any atom is -0.375 e. The lowest BCUT2D eigenvalue weighted by molar-refractivity contribution is 0.230. The maximum absolute atomic E-state index is 13.1. The van der Waals surface area contributed by atoms with Gasteiger partial charge in [0.25, 0.3) is 0 Å². The normalized spacial score (nSPS) is 14.8. The van der Waals surface area contributed by atoms with Crippen molar-refractivity contribution in [3.8, 4) is 0 Å². The molecule has 1 aliphatic heterocycles. The molecule has 0 radical (unpaired) electrons. The standard InChI is InChI=1S/C21H24ClN5OS/c22-15-4-6-16(7-5-15)24-21(28)27(13-12-26-10-2-1-3-11-26)17-8-9-19-18(14-17)25-20(23)29-19/h4-9,14H,1-3,10-13H2,(H2,23,25)(H,24,28). The van der Waals surface area contributed by atoms with Crippen molar-refractivity contribution in [3.05, 3.63) is 47.5 Å². The molecule has 3 aromatic rings. The molecule has 1 saturated heterocycles. The number of nitrogens with two attached hydrogens (primary N) is 1. The molecule has 2 aromatic carbocycles. The first-order chi connectivity index (χ1) is 14.1. The number of fused-ring (bicyclic) bond motifs is 1. The molecule has 1 fully saturated rings. The number of likely N-dealkylation sites (tertiary alicyclic amines) is 1. The highest BCUT2D eigenvalue weighted by Gasteiger charge is 2.19. The first kappa shape index (κ1) is 19.9. The number of benzene rings is 2. The van der Waals surface area contributed by atoms with Gasteiger partial charge in [-0.25, -0.2) is 9.78 Å². The van der Waals surface area contributed by atoms with E-state index < -0.39 is 0 Å². The average molecular weight is 430 g/mol. The monoisotopic (exact) mass is 429 g/mol. The number of nitrogen functional groups attached to an aromatic ring is 1. The SMILES string of the molecule is Nc1nc2cc(N(CCN3CCCCC3)C(=O)Nc3ccc(Cl)cc3)ccc2s1. The second-order valence-corrected chi connectivity index (χ2v) is 8.69. The van der Waals surface area contributed by atoms with Gasteiger partial charge in [0.1, 0.15) is 0 Å². The summed E-state index contributed by atoms with van der Waals surface area (Å²) < 4.78 is 1.01. The Kier molecular flexibility index (Phi) is 6.18. The number of hydrogen-bond acceptors (Lipinski definition) is 5. The maximum atomic E-state index is 13.1. The van der Waals surface area contributed by atoms with E-state index in [1.54, 1.807) is 29.2 Å². The molecule has 0 atom stereocenters.